The first-order chi connectivity index (χ1) is 17.3. The molecule has 0 saturated carbocycles. The maximum Gasteiger partial charge on any atom is 0.326 e. The third-order valence-electron chi connectivity index (χ3n) is 6.36. The number of carbonyl (C=O) groups excluding carboxylic acids is 3. The minimum absolute atomic E-state index is 0.00678. The van der Waals surface area contributed by atoms with Gasteiger partial charge >= 0.3 is 11.9 Å². The Balaban J connectivity index is 3.06. The molecular formula is C25H38N4O8. The minimum atomic E-state index is -1.49. The summed E-state index contributed by atoms with van der Waals surface area (Å²) in [6, 6.07) is 0.846. The summed E-state index contributed by atoms with van der Waals surface area (Å²) in [5.41, 5.74) is 6.45. The highest BCUT2D eigenvalue weighted by atomic mass is 16.4. The fraction of sp³-hybridized carbons (Fsp3) is 0.560. The third-order valence-corrected chi connectivity index (χ3v) is 6.36. The number of aromatic hydroxyl groups is 1. The lowest BCUT2D eigenvalue weighted by Crippen LogP contribution is -2.59. The molecule has 37 heavy (non-hydrogen) atoms. The number of benzene rings is 1. The van der Waals surface area contributed by atoms with E-state index in [9.17, 15) is 39.3 Å². The van der Waals surface area contributed by atoms with Crippen molar-refractivity contribution in [2.75, 3.05) is 0 Å². The molecular weight excluding hydrogens is 484 g/mol. The van der Waals surface area contributed by atoms with Crippen LogP contribution in [0.1, 0.15) is 52.5 Å². The molecule has 0 aromatic heterocycles. The van der Waals surface area contributed by atoms with Gasteiger partial charge in [0.05, 0.1) is 12.5 Å². The highest BCUT2D eigenvalue weighted by Crippen LogP contribution is 2.13. The fourth-order valence-electron chi connectivity index (χ4n) is 3.45. The number of nitrogens with two attached hydrogens (primary N) is 1. The van der Waals surface area contributed by atoms with Gasteiger partial charge in [-0.15, -0.1) is 0 Å². The number of phenols is 1. The second kappa shape index (κ2) is 14.8. The Morgan fingerprint density at radius 3 is 1.84 bits per heavy atom. The quantitative estimate of drug-likeness (QED) is 0.169. The molecule has 8 N–H and O–H groups in total. The predicted octanol–water partition coefficient (Wildman–Crippen LogP) is 0.368. The molecule has 1 aromatic rings. The van der Waals surface area contributed by atoms with Gasteiger partial charge in [0.25, 0.3) is 0 Å². The van der Waals surface area contributed by atoms with Crippen LogP contribution < -0.4 is 21.7 Å². The Hall–Kier alpha value is -3.67. The van der Waals surface area contributed by atoms with Crippen molar-refractivity contribution in [2.24, 2.45) is 17.6 Å². The van der Waals surface area contributed by atoms with E-state index in [1.54, 1.807) is 20.8 Å². The summed E-state index contributed by atoms with van der Waals surface area (Å²) in [5, 5.41) is 35.6. The predicted molar refractivity (Wildman–Crippen MR) is 134 cm³/mol. The van der Waals surface area contributed by atoms with Crippen LogP contribution in [-0.2, 0) is 30.4 Å². The maximum atomic E-state index is 13.1. The van der Waals surface area contributed by atoms with Crippen molar-refractivity contribution in [2.45, 2.75) is 77.5 Å². The summed E-state index contributed by atoms with van der Waals surface area (Å²) in [7, 11) is 0. The molecule has 0 heterocycles. The molecule has 0 aliphatic heterocycles. The van der Waals surface area contributed by atoms with E-state index in [0.29, 0.717) is 18.4 Å². The van der Waals surface area contributed by atoms with Crippen molar-refractivity contribution in [3.63, 3.8) is 0 Å². The van der Waals surface area contributed by atoms with Gasteiger partial charge in [-0.25, -0.2) is 4.79 Å². The van der Waals surface area contributed by atoms with Crippen LogP contribution in [0.4, 0.5) is 0 Å². The lowest BCUT2D eigenvalue weighted by atomic mass is 9.96. The topological polar surface area (TPSA) is 208 Å². The normalized spacial score (nSPS) is 15.8. The van der Waals surface area contributed by atoms with Gasteiger partial charge in [-0.3, -0.25) is 19.2 Å². The zero-order valence-electron chi connectivity index (χ0n) is 21.6. The summed E-state index contributed by atoms with van der Waals surface area (Å²) in [4.78, 5) is 61.8. The summed E-state index contributed by atoms with van der Waals surface area (Å²) < 4.78 is 0. The monoisotopic (exact) mass is 522 g/mol. The molecule has 0 bridgehead atoms. The zero-order valence-corrected chi connectivity index (χ0v) is 21.6. The molecule has 0 spiro atoms. The molecule has 1 rings (SSSR count). The number of rotatable bonds is 15. The first kappa shape index (κ1) is 31.4. The van der Waals surface area contributed by atoms with E-state index in [4.69, 9.17) is 5.73 Å². The number of carboxylic acids is 2. The number of carbonyl (C=O) groups is 5. The summed E-state index contributed by atoms with van der Waals surface area (Å²) >= 11 is 0. The first-order valence-corrected chi connectivity index (χ1v) is 12.2. The number of aliphatic carboxylic acids is 2. The van der Waals surface area contributed by atoms with Gasteiger partial charge in [-0.05, 0) is 29.5 Å². The van der Waals surface area contributed by atoms with E-state index in [1.807, 2.05) is 6.92 Å². The summed E-state index contributed by atoms with van der Waals surface area (Å²) in [5.74, 6) is -5.67. The number of nitrogens with one attached hydrogen (secondary N) is 3. The summed E-state index contributed by atoms with van der Waals surface area (Å²) in [6.45, 7) is 7.02. The Kier molecular flexibility index (Phi) is 12.5. The minimum Gasteiger partial charge on any atom is -0.508 e. The van der Waals surface area contributed by atoms with Gasteiger partial charge in [0.15, 0.2) is 0 Å². The molecule has 0 fully saturated rings. The summed E-state index contributed by atoms with van der Waals surface area (Å²) in [6.07, 6.45) is 0.213. The number of amides is 3. The average molecular weight is 523 g/mol. The van der Waals surface area contributed by atoms with Crippen LogP contribution in [0.15, 0.2) is 24.3 Å². The van der Waals surface area contributed by atoms with Crippen LogP contribution in [0.5, 0.6) is 5.75 Å². The lowest BCUT2D eigenvalue weighted by molar-refractivity contribution is -0.143. The fourth-order valence-corrected chi connectivity index (χ4v) is 3.45. The highest BCUT2D eigenvalue weighted by Gasteiger charge is 2.34. The lowest BCUT2D eigenvalue weighted by Gasteiger charge is -2.28. The van der Waals surface area contributed by atoms with Gasteiger partial charge in [-0.2, -0.15) is 0 Å². The Morgan fingerprint density at radius 1 is 0.811 bits per heavy atom. The molecule has 206 valence electrons. The van der Waals surface area contributed by atoms with Crippen molar-refractivity contribution in [3.8, 4) is 5.75 Å². The van der Waals surface area contributed by atoms with E-state index in [-0.39, 0.29) is 18.1 Å². The standard InChI is InChI=1S/C25H38N4O8/c1-5-13(3)20(26)23(34)27-17(12-19(31)32)22(33)29-21(14(4)6-2)24(35)28-18(25(36)37)11-15-7-9-16(30)10-8-15/h7-10,13-14,17-18,20-21,30H,5-6,11-12,26H2,1-4H3,(H,27,34)(H,28,35)(H,29,33)(H,31,32)(H,36,37). The van der Waals surface area contributed by atoms with Crippen LogP contribution in [0.3, 0.4) is 0 Å². The van der Waals surface area contributed by atoms with Gasteiger partial charge in [0.1, 0.15) is 23.9 Å². The molecule has 6 unspecified atom stereocenters. The van der Waals surface area contributed by atoms with Crippen molar-refractivity contribution < 1.29 is 39.3 Å². The molecule has 3 amide bonds. The number of hydrogen-bond acceptors (Lipinski definition) is 7. The molecule has 0 aliphatic rings. The number of hydrogen-bond donors (Lipinski definition) is 7. The van der Waals surface area contributed by atoms with Crippen molar-refractivity contribution in [3.05, 3.63) is 29.8 Å². The largest absolute Gasteiger partial charge is 0.508 e. The maximum absolute atomic E-state index is 13.1. The van der Waals surface area contributed by atoms with E-state index < -0.39 is 66.2 Å². The second-order valence-corrected chi connectivity index (χ2v) is 9.21. The molecule has 6 atom stereocenters. The average Bonchev–Trinajstić information content (AvgIpc) is 2.85. The SMILES string of the molecule is CCC(C)C(N)C(=O)NC(CC(=O)O)C(=O)NC(C(=O)NC(Cc1ccc(O)cc1)C(=O)O)C(C)CC. The Bertz CT molecular complexity index is 953. The first-order valence-electron chi connectivity index (χ1n) is 12.2. The molecule has 12 heteroatoms. The zero-order chi connectivity index (χ0) is 28.3. The molecule has 12 nitrogen and oxygen atoms in total. The van der Waals surface area contributed by atoms with Crippen LogP contribution >= 0.6 is 0 Å². The van der Waals surface area contributed by atoms with Crippen molar-refractivity contribution in [1.29, 1.82) is 0 Å². The van der Waals surface area contributed by atoms with Gasteiger partial charge in [0.2, 0.25) is 17.7 Å². The number of phenolic OH excluding ortho intramolecular Hbond substituents is 1. The van der Waals surface area contributed by atoms with E-state index in [0.717, 1.165) is 0 Å². The van der Waals surface area contributed by atoms with Crippen molar-refractivity contribution in [1.82, 2.24) is 16.0 Å². The highest BCUT2D eigenvalue weighted by molar-refractivity contribution is 5.95. The van der Waals surface area contributed by atoms with Crippen LogP contribution in [-0.4, -0.2) is 69.1 Å². The third kappa shape index (κ3) is 10.1. The van der Waals surface area contributed by atoms with Crippen LogP contribution in [0, 0.1) is 11.8 Å². The Labute approximate surface area is 216 Å². The van der Waals surface area contributed by atoms with Gasteiger partial charge in [-0.1, -0.05) is 52.7 Å². The smallest absolute Gasteiger partial charge is 0.326 e. The molecule has 0 saturated heterocycles. The number of carboxylic acid groups (broad SMARTS) is 2. The van der Waals surface area contributed by atoms with E-state index in [1.165, 1.54) is 24.3 Å². The Morgan fingerprint density at radius 2 is 1.35 bits per heavy atom. The van der Waals surface area contributed by atoms with Crippen molar-refractivity contribution >= 4 is 29.7 Å². The molecule has 0 radical (unpaired) electrons. The van der Waals surface area contributed by atoms with E-state index >= 15 is 0 Å². The molecule has 1 aromatic carbocycles. The molecule has 0 aliphatic carbocycles. The van der Waals surface area contributed by atoms with Gasteiger partial charge in [0, 0.05) is 6.42 Å². The van der Waals surface area contributed by atoms with Crippen LogP contribution in [0.25, 0.3) is 0 Å². The van der Waals surface area contributed by atoms with Gasteiger partial charge < -0.3 is 37.0 Å². The van der Waals surface area contributed by atoms with Crippen LogP contribution in [0.2, 0.25) is 0 Å². The second-order valence-electron chi connectivity index (χ2n) is 9.21. The van der Waals surface area contributed by atoms with E-state index in [2.05, 4.69) is 16.0 Å².